The Morgan fingerprint density at radius 2 is 1.70 bits per heavy atom. The molecule has 20 heavy (non-hydrogen) atoms. The van der Waals surface area contributed by atoms with Crippen molar-refractivity contribution >= 4 is 47.8 Å². The van der Waals surface area contributed by atoms with Crippen molar-refractivity contribution in [1.82, 2.24) is 0 Å². The molecule has 1 atom stereocenters. The van der Waals surface area contributed by atoms with E-state index in [-0.39, 0.29) is 10.0 Å². The lowest BCUT2D eigenvalue weighted by Crippen LogP contribution is -2.01. The number of benzene rings is 2. The molecule has 0 aliphatic rings. The Balaban J connectivity index is 2.51. The van der Waals surface area contributed by atoms with Gasteiger partial charge in [-0.15, -0.1) is 0 Å². The molecule has 0 aliphatic heterocycles. The summed E-state index contributed by atoms with van der Waals surface area (Å²) in [4.78, 5) is -0.506. The summed E-state index contributed by atoms with van der Waals surface area (Å²) in [6.07, 6.45) is 0. The molecule has 0 saturated carbocycles. The van der Waals surface area contributed by atoms with Crippen molar-refractivity contribution in [1.29, 1.82) is 0 Å². The molecule has 2 aromatic carbocycles. The van der Waals surface area contributed by atoms with Crippen LogP contribution in [-0.2, 0) is 0 Å². The number of ether oxygens (including phenoxy) is 1. The number of halogens is 5. The largest absolute Gasteiger partial charge is 0.496 e. The number of methoxy groups -OCH3 is 1. The summed E-state index contributed by atoms with van der Waals surface area (Å²) in [5.74, 6) is -0.420. The molecule has 0 saturated heterocycles. The van der Waals surface area contributed by atoms with E-state index >= 15 is 0 Å². The molecule has 0 radical (unpaired) electrons. The molecule has 0 aliphatic carbocycles. The van der Waals surface area contributed by atoms with Crippen molar-refractivity contribution in [3.8, 4) is 5.75 Å². The first-order chi connectivity index (χ1) is 9.43. The van der Waals surface area contributed by atoms with E-state index in [1.54, 1.807) is 12.1 Å². The van der Waals surface area contributed by atoms with Gasteiger partial charge < -0.3 is 4.74 Å². The minimum Gasteiger partial charge on any atom is -0.496 e. The summed E-state index contributed by atoms with van der Waals surface area (Å²) in [5.41, 5.74) is 0.933. The Labute approximate surface area is 140 Å². The molecular weight excluding hydrogens is 462 g/mol. The highest BCUT2D eigenvalue weighted by Crippen LogP contribution is 2.39. The zero-order valence-electron chi connectivity index (χ0n) is 10.3. The van der Waals surface area contributed by atoms with Crippen LogP contribution >= 0.6 is 47.8 Å². The van der Waals surface area contributed by atoms with Crippen molar-refractivity contribution in [3.05, 3.63) is 62.0 Å². The van der Waals surface area contributed by atoms with Gasteiger partial charge in [-0.25, -0.2) is 8.78 Å². The van der Waals surface area contributed by atoms with Crippen LogP contribution in [0.15, 0.2) is 39.3 Å². The first-order valence-electron chi connectivity index (χ1n) is 5.56. The molecule has 1 nitrogen and oxygen atoms in total. The third kappa shape index (κ3) is 3.23. The molecule has 2 rings (SSSR count). The minimum absolute atomic E-state index is 0.0984. The Morgan fingerprint density at radius 1 is 1.00 bits per heavy atom. The third-order valence-electron chi connectivity index (χ3n) is 2.78. The van der Waals surface area contributed by atoms with E-state index in [4.69, 9.17) is 4.74 Å². The van der Waals surface area contributed by atoms with Crippen LogP contribution in [0, 0.1) is 11.6 Å². The predicted molar refractivity (Wildman–Crippen MR) is 85.5 cm³/mol. The van der Waals surface area contributed by atoms with Crippen LogP contribution in [0.5, 0.6) is 5.75 Å². The van der Waals surface area contributed by atoms with Gasteiger partial charge in [-0.2, -0.15) is 0 Å². The van der Waals surface area contributed by atoms with Gasteiger partial charge in [-0.1, -0.05) is 37.9 Å². The van der Waals surface area contributed by atoms with E-state index in [1.807, 2.05) is 6.07 Å². The van der Waals surface area contributed by atoms with E-state index in [0.29, 0.717) is 5.75 Å². The average molecular weight is 471 g/mol. The molecule has 0 fully saturated rings. The Hall–Kier alpha value is -0.460. The second-order valence-corrected chi connectivity index (χ2v) is 6.72. The zero-order chi connectivity index (χ0) is 14.9. The van der Waals surface area contributed by atoms with Gasteiger partial charge in [-0.3, -0.25) is 0 Å². The van der Waals surface area contributed by atoms with Crippen LogP contribution in [0.25, 0.3) is 0 Å². The normalized spacial score (nSPS) is 12.3. The quantitative estimate of drug-likeness (QED) is 0.396. The van der Waals surface area contributed by atoms with Crippen LogP contribution in [0.1, 0.15) is 16.0 Å². The van der Waals surface area contributed by atoms with Crippen molar-refractivity contribution in [2.24, 2.45) is 0 Å². The molecular formula is C14H9Br3F2O. The summed E-state index contributed by atoms with van der Waals surface area (Å²) < 4.78 is 33.8. The lowest BCUT2D eigenvalue weighted by atomic mass is 10.0. The van der Waals surface area contributed by atoms with Crippen molar-refractivity contribution in [2.75, 3.05) is 7.11 Å². The third-order valence-corrected chi connectivity index (χ3v) is 4.87. The second-order valence-electron chi connectivity index (χ2n) is 4.04. The number of alkyl halides is 1. The van der Waals surface area contributed by atoms with Crippen LogP contribution in [0.4, 0.5) is 8.78 Å². The molecule has 0 N–H and O–H groups in total. The maximum absolute atomic E-state index is 14.0. The highest BCUT2D eigenvalue weighted by Gasteiger charge is 2.20. The first-order valence-corrected chi connectivity index (χ1v) is 8.06. The summed E-state index contributed by atoms with van der Waals surface area (Å²) in [6.45, 7) is 0. The van der Waals surface area contributed by atoms with Gasteiger partial charge in [0.05, 0.1) is 16.4 Å². The Bertz CT molecular complexity index is 647. The van der Waals surface area contributed by atoms with Gasteiger partial charge in [0, 0.05) is 15.6 Å². The van der Waals surface area contributed by atoms with Crippen LogP contribution in [0.2, 0.25) is 0 Å². The lowest BCUT2D eigenvalue weighted by Gasteiger charge is -2.16. The molecule has 0 spiro atoms. The second kappa shape index (κ2) is 6.54. The van der Waals surface area contributed by atoms with Crippen LogP contribution in [0.3, 0.4) is 0 Å². The first kappa shape index (κ1) is 15.9. The van der Waals surface area contributed by atoms with E-state index in [2.05, 4.69) is 47.8 Å². The van der Waals surface area contributed by atoms with Crippen molar-refractivity contribution in [3.63, 3.8) is 0 Å². The highest BCUT2D eigenvalue weighted by atomic mass is 79.9. The maximum Gasteiger partial charge on any atom is 0.137 e. The summed E-state index contributed by atoms with van der Waals surface area (Å²) in [7, 11) is 1.53. The molecule has 0 heterocycles. The van der Waals surface area contributed by atoms with E-state index in [0.717, 1.165) is 16.1 Å². The van der Waals surface area contributed by atoms with Crippen molar-refractivity contribution in [2.45, 2.75) is 4.83 Å². The Kier molecular flexibility index (Phi) is 5.20. The zero-order valence-corrected chi connectivity index (χ0v) is 15.0. The number of hydrogen-bond acceptors (Lipinski definition) is 1. The number of rotatable bonds is 3. The van der Waals surface area contributed by atoms with E-state index < -0.39 is 16.5 Å². The van der Waals surface area contributed by atoms with Gasteiger partial charge >= 0.3 is 0 Å². The topological polar surface area (TPSA) is 9.23 Å². The highest BCUT2D eigenvalue weighted by molar-refractivity contribution is 9.10. The Morgan fingerprint density at radius 3 is 2.35 bits per heavy atom. The molecule has 2 aromatic rings. The monoisotopic (exact) mass is 468 g/mol. The standard InChI is InChI=1S/C14H9Br3F2O/c1-20-13-4-7(15)2-3-8(13)14(17)9-5-12(19)10(16)6-11(9)18/h2-6,14H,1H3. The lowest BCUT2D eigenvalue weighted by molar-refractivity contribution is 0.410. The fourth-order valence-electron chi connectivity index (χ4n) is 1.79. The fraction of sp³-hybridized carbons (Fsp3) is 0.143. The van der Waals surface area contributed by atoms with Gasteiger partial charge in [0.1, 0.15) is 17.4 Å². The average Bonchev–Trinajstić information content (AvgIpc) is 2.42. The van der Waals surface area contributed by atoms with Gasteiger partial charge in [0.2, 0.25) is 0 Å². The molecule has 106 valence electrons. The molecule has 0 bridgehead atoms. The van der Waals surface area contributed by atoms with Crippen molar-refractivity contribution < 1.29 is 13.5 Å². The maximum atomic E-state index is 14.0. The predicted octanol–water partition coefficient (Wildman–Crippen LogP) is 5.98. The van der Waals surface area contributed by atoms with Gasteiger partial charge in [0.25, 0.3) is 0 Å². The molecule has 1 unspecified atom stereocenters. The van der Waals surface area contributed by atoms with Gasteiger partial charge in [0.15, 0.2) is 0 Å². The SMILES string of the molecule is COc1cc(Br)ccc1C(Br)c1cc(F)c(Br)cc1F. The smallest absolute Gasteiger partial charge is 0.137 e. The summed E-state index contributed by atoms with van der Waals surface area (Å²) in [5, 5.41) is 0. The van der Waals surface area contributed by atoms with Gasteiger partial charge in [-0.05, 0) is 40.2 Å². The molecule has 6 heteroatoms. The summed E-state index contributed by atoms with van der Waals surface area (Å²) in [6, 6.07) is 7.67. The molecule has 0 aromatic heterocycles. The van der Waals surface area contributed by atoms with E-state index in [1.165, 1.54) is 13.2 Å². The molecule has 0 amide bonds. The fourth-order valence-corrected chi connectivity index (χ4v) is 3.18. The minimum atomic E-state index is -0.512. The van der Waals surface area contributed by atoms with Crippen LogP contribution < -0.4 is 4.74 Å². The van der Waals surface area contributed by atoms with E-state index in [9.17, 15) is 8.78 Å². The van der Waals surface area contributed by atoms with Crippen LogP contribution in [-0.4, -0.2) is 7.11 Å². The summed E-state index contributed by atoms with van der Waals surface area (Å²) >= 11 is 9.71. The number of hydrogen-bond donors (Lipinski definition) is 0.